The monoisotopic (exact) mass is 435 g/mol. The Morgan fingerprint density at radius 3 is 2.59 bits per heavy atom. The van der Waals surface area contributed by atoms with Gasteiger partial charge in [-0.3, -0.25) is 4.79 Å². The lowest BCUT2D eigenvalue weighted by molar-refractivity contribution is -0.0494. The summed E-state index contributed by atoms with van der Waals surface area (Å²) in [5.41, 5.74) is 2.21. The van der Waals surface area contributed by atoms with E-state index < -0.39 is 5.92 Å². The molecule has 3 aromatic rings. The number of hydrogen-bond acceptors (Lipinski definition) is 7. The standard InChI is InChI=1S/C19H19F2N5OS2/c1-11-16(29-12(2)23-11)14-10-28-18(24-14)25-15-4-3-13(9-22-15)17(27)26-7-5-19(20,21)6-8-26/h3-4,9-10H,5-8H2,1-2H3,(H,22,24,25). The molecule has 0 unspecified atom stereocenters. The summed E-state index contributed by atoms with van der Waals surface area (Å²) in [7, 11) is 0. The molecular formula is C19H19F2N5OS2. The molecule has 1 aliphatic heterocycles. The number of carbonyl (C=O) groups is 1. The van der Waals surface area contributed by atoms with Gasteiger partial charge in [-0.1, -0.05) is 0 Å². The van der Waals surface area contributed by atoms with Gasteiger partial charge < -0.3 is 10.2 Å². The van der Waals surface area contributed by atoms with Crippen molar-refractivity contribution in [3.05, 3.63) is 40.0 Å². The van der Waals surface area contributed by atoms with E-state index >= 15 is 0 Å². The van der Waals surface area contributed by atoms with Crippen molar-refractivity contribution in [3.8, 4) is 10.6 Å². The van der Waals surface area contributed by atoms with Gasteiger partial charge in [-0.05, 0) is 26.0 Å². The zero-order valence-electron chi connectivity index (χ0n) is 15.9. The fourth-order valence-corrected chi connectivity index (χ4v) is 4.79. The second-order valence-corrected chi connectivity index (χ2v) is 8.95. The van der Waals surface area contributed by atoms with Crippen LogP contribution in [0, 0.1) is 13.8 Å². The number of aromatic nitrogens is 3. The average molecular weight is 436 g/mol. The molecule has 1 N–H and O–H groups in total. The molecule has 152 valence electrons. The summed E-state index contributed by atoms with van der Waals surface area (Å²) in [5.74, 6) is -2.39. The molecule has 4 heterocycles. The van der Waals surface area contributed by atoms with E-state index in [-0.39, 0.29) is 31.8 Å². The van der Waals surface area contributed by atoms with Crippen LogP contribution in [0.3, 0.4) is 0 Å². The molecule has 0 saturated carbocycles. The van der Waals surface area contributed by atoms with E-state index in [4.69, 9.17) is 0 Å². The van der Waals surface area contributed by atoms with Crippen molar-refractivity contribution in [3.63, 3.8) is 0 Å². The Bertz CT molecular complexity index is 1020. The van der Waals surface area contributed by atoms with Crippen LogP contribution in [-0.2, 0) is 0 Å². The molecule has 0 spiro atoms. The molecule has 0 bridgehead atoms. The number of anilines is 2. The molecule has 0 atom stereocenters. The molecule has 29 heavy (non-hydrogen) atoms. The Morgan fingerprint density at radius 1 is 1.21 bits per heavy atom. The molecule has 1 aliphatic rings. The van der Waals surface area contributed by atoms with Gasteiger partial charge in [-0.2, -0.15) is 0 Å². The second-order valence-electron chi connectivity index (χ2n) is 6.89. The highest BCUT2D eigenvalue weighted by Gasteiger charge is 2.35. The van der Waals surface area contributed by atoms with E-state index in [1.807, 2.05) is 19.2 Å². The fourth-order valence-electron chi connectivity index (χ4n) is 3.13. The minimum Gasteiger partial charge on any atom is -0.338 e. The number of thiazole rings is 2. The molecule has 0 aliphatic carbocycles. The lowest BCUT2D eigenvalue weighted by Gasteiger charge is -2.31. The lowest BCUT2D eigenvalue weighted by Crippen LogP contribution is -2.42. The Labute approximate surface area is 174 Å². The Kier molecular flexibility index (Phi) is 5.30. The first kappa shape index (κ1) is 19.8. The quantitative estimate of drug-likeness (QED) is 0.632. The molecule has 6 nitrogen and oxygen atoms in total. The van der Waals surface area contributed by atoms with Crippen LogP contribution in [-0.4, -0.2) is 44.8 Å². The van der Waals surface area contributed by atoms with Gasteiger partial charge in [0.1, 0.15) is 5.82 Å². The number of nitrogens with one attached hydrogen (secondary N) is 1. The van der Waals surface area contributed by atoms with Crippen molar-refractivity contribution in [1.82, 2.24) is 19.9 Å². The van der Waals surface area contributed by atoms with Crippen LogP contribution in [0.4, 0.5) is 19.7 Å². The van der Waals surface area contributed by atoms with Crippen molar-refractivity contribution in [2.24, 2.45) is 0 Å². The van der Waals surface area contributed by atoms with E-state index in [2.05, 4.69) is 20.3 Å². The molecule has 10 heteroatoms. The van der Waals surface area contributed by atoms with Gasteiger partial charge in [0.2, 0.25) is 0 Å². The summed E-state index contributed by atoms with van der Waals surface area (Å²) in [5, 5.41) is 6.79. The van der Waals surface area contributed by atoms with Gasteiger partial charge in [0.15, 0.2) is 5.13 Å². The third-order valence-corrected chi connectivity index (χ3v) is 6.52. The third kappa shape index (κ3) is 4.43. The van der Waals surface area contributed by atoms with E-state index in [0.29, 0.717) is 16.5 Å². The number of hydrogen-bond donors (Lipinski definition) is 1. The number of pyridine rings is 1. The zero-order chi connectivity index (χ0) is 20.6. The van der Waals surface area contributed by atoms with E-state index in [0.717, 1.165) is 21.3 Å². The number of nitrogens with zero attached hydrogens (tertiary/aromatic N) is 4. The van der Waals surface area contributed by atoms with Crippen LogP contribution < -0.4 is 5.32 Å². The maximum absolute atomic E-state index is 13.3. The first-order chi connectivity index (χ1) is 13.8. The largest absolute Gasteiger partial charge is 0.338 e. The highest BCUT2D eigenvalue weighted by atomic mass is 32.1. The van der Waals surface area contributed by atoms with Gasteiger partial charge in [-0.15, -0.1) is 22.7 Å². The molecule has 3 aromatic heterocycles. The predicted molar refractivity (Wildman–Crippen MR) is 110 cm³/mol. The summed E-state index contributed by atoms with van der Waals surface area (Å²) in [4.78, 5) is 28.3. The minimum atomic E-state index is -2.67. The van der Waals surface area contributed by atoms with E-state index in [1.54, 1.807) is 23.5 Å². The summed E-state index contributed by atoms with van der Waals surface area (Å²) < 4.78 is 26.5. The maximum Gasteiger partial charge on any atom is 0.255 e. The van der Waals surface area contributed by atoms with Crippen LogP contribution >= 0.6 is 22.7 Å². The van der Waals surface area contributed by atoms with Gasteiger partial charge in [-0.25, -0.2) is 23.7 Å². The molecule has 1 fully saturated rings. The third-order valence-electron chi connectivity index (χ3n) is 4.67. The lowest BCUT2D eigenvalue weighted by atomic mass is 10.1. The molecule has 0 radical (unpaired) electrons. The van der Waals surface area contributed by atoms with Crippen molar-refractivity contribution in [2.45, 2.75) is 32.6 Å². The zero-order valence-corrected chi connectivity index (χ0v) is 17.5. The number of rotatable bonds is 4. The molecule has 1 saturated heterocycles. The van der Waals surface area contributed by atoms with Crippen LogP contribution in [0.15, 0.2) is 23.7 Å². The Morgan fingerprint density at radius 2 is 1.97 bits per heavy atom. The number of amides is 1. The highest BCUT2D eigenvalue weighted by Crippen LogP contribution is 2.33. The van der Waals surface area contributed by atoms with Gasteiger partial charge in [0, 0.05) is 37.5 Å². The van der Waals surface area contributed by atoms with Crippen molar-refractivity contribution in [2.75, 3.05) is 18.4 Å². The minimum absolute atomic E-state index is 0.0597. The summed E-state index contributed by atoms with van der Waals surface area (Å²) in [6.07, 6.45) is 0.872. The maximum atomic E-state index is 13.3. The summed E-state index contributed by atoms with van der Waals surface area (Å²) >= 11 is 3.07. The predicted octanol–water partition coefficient (Wildman–Crippen LogP) is 4.89. The highest BCUT2D eigenvalue weighted by molar-refractivity contribution is 7.16. The van der Waals surface area contributed by atoms with Crippen LogP contribution in [0.25, 0.3) is 10.6 Å². The van der Waals surface area contributed by atoms with Crippen molar-refractivity contribution < 1.29 is 13.6 Å². The first-order valence-electron chi connectivity index (χ1n) is 9.11. The summed E-state index contributed by atoms with van der Waals surface area (Å²) in [6, 6.07) is 3.34. The Hall–Kier alpha value is -2.46. The normalized spacial score (nSPS) is 16.1. The van der Waals surface area contributed by atoms with Crippen LogP contribution in [0.5, 0.6) is 0 Å². The fraction of sp³-hybridized carbons (Fsp3) is 0.368. The smallest absolute Gasteiger partial charge is 0.255 e. The van der Waals surface area contributed by atoms with Crippen molar-refractivity contribution in [1.29, 1.82) is 0 Å². The van der Waals surface area contributed by atoms with E-state index in [1.165, 1.54) is 22.4 Å². The van der Waals surface area contributed by atoms with Crippen molar-refractivity contribution >= 4 is 39.5 Å². The topological polar surface area (TPSA) is 71.0 Å². The molecule has 0 aromatic carbocycles. The first-order valence-corrected chi connectivity index (χ1v) is 10.8. The van der Waals surface area contributed by atoms with Gasteiger partial charge >= 0.3 is 0 Å². The Balaban J connectivity index is 1.41. The number of piperidine rings is 1. The second kappa shape index (κ2) is 7.75. The number of alkyl halides is 2. The number of carbonyl (C=O) groups excluding carboxylic acids is 1. The number of halogens is 2. The average Bonchev–Trinajstić information content (AvgIpc) is 3.27. The van der Waals surface area contributed by atoms with Gasteiger partial charge in [0.05, 0.1) is 26.8 Å². The molecule has 1 amide bonds. The van der Waals surface area contributed by atoms with Crippen LogP contribution in [0.2, 0.25) is 0 Å². The molecular weight excluding hydrogens is 416 g/mol. The number of likely N-dealkylation sites (tertiary alicyclic amines) is 1. The van der Waals surface area contributed by atoms with Crippen LogP contribution in [0.1, 0.15) is 33.9 Å². The summed E-state index contributed by atoms with van der Waals surface area (Å²) in [6.45, 7) is 4.05. The SMILES string of the molecule is Cc1nc(C)c(-c2csc(Nc3ccc(C(=O)N4CCC(F)(F)CC4)cn3)n2)s1. The molecule has 4 rings (SSSR count). The van der Waals surface area contributed by atoms with Gasteiger partial charge in [0.25, 0.3) is 11.8 Å². The number of aryl methyl sites for hydroxylation is 2. The van der Waals surface area contributed by atoms with E-state index in [9.17, 15) is 13.6 Å².